The van der Waals surface area contributed by atoms with Gasteiger partial charge in [-0.05, 0) is 43.4 Å². The number of hydrogen-bond donors (Lipinski definition) is 0. The molecule has 1 amide bonds. The van der Waals surface area contributed by atoms with E-state index in [-0.39, 0.29) is 18.8 Å². The molecule has 0 unspecified atom stereocenters. The van der Waals surface area contributed by atoms with Gasteiger partial charge in [-0.1, -0.05) is 36.8 Å². The highest BCUT2D eigenvalue weighted by atomic mass is 16.6. The van der Waals surface area contributed by atoms with Crippen molar-refractivity contribution in [3.8, 4) is 0 Å². The number of carbonyl (C=O) groups is 2. The van der Waals surface area contributed by atoms with Crippen LogP contribution in [0.4, 0.5) is 10.5 Å². The van der Waals surface area contributed by atoms with Gasteiger partial charge in [-0.2, -0.15) is 0 Å². The average Bonchev–Trinajstić information content (AvgIpc) is 3.15. The topological polar surface area (TPSA) is 68.7 Å². The summed E-state index contributed by atoms with van der Waals surface area (Å²) in [5, 5.41) is 0. The zero-order chi connectivity index (χ0) is 20.1. The molecule has 1 saturated heterocycles. The molecule has 1 aliphatic heterocycles. The summed E-state index contributed by atoms with van der Waals surface area (Å²) in [4.78, 5) is 30.4. The molecule has 0 N–H and O–H groups in total. The van der Waals surface area contributed by atoms with Crippen molar-refractivity contribution in [2.24, 2.45) is 0 Å². The Labute approximate surface area is 170 Å². The van der Waals surface area contributed by atoms with E-state index in [4.69, 9.17) is 9.47 Å². The Balaban J connectivity index is 1.54. The quantitative estimate of drug-likeness (QED) is 0.556. The number of carbonyl (C=O) groups excluding carboxylic acids is 2. The van der Waals surface area contributed by atoms with Crippen LogP contribution < -0.4 is 4.90 Å². The summed E-state index contributed by atoms with van der Waals surface area (Å²) in [7, 11) is 0. The lowest BCUT2D eigenvalue weighted by Gasteiger charge is -2.23. The number of anilines is 1. The van der Waals surface area contributed by atoms with Gasteiger partial charge in [0.15, 0.2) is 0 Å². The highest BCUT2D eigenvalue weighted by molar-refractivity contribution is 5.94. The van der Waals surface area contributed by atoms with Crippen molar-refractivity contribution in [1.82, 2.24) is 4.98 Å². The summed E-state index contributed by atoms with van der Waals surface area (Å²) in [6, 6.07) is 11.2. The van der Waals surface area contributed by atoms with Gasteiger partial charge in [-0.15, -0.1) is 0 Å². The van der Waals surface area contributed by atoms with E-state index in [2.05, 4.69) is 11.1 Å². The number of aromatic nitrogens is 1. The third-order valence-corrected chi connectivity index (χ3v) is 5.32. The lowest BCUT2D eigenvalue weighted by molar-refractivity contribution is -0.145. The number of ether oxygens (including phenoxy) is 2. The molecule has 29 heavy (non-hydrogen) atoms. The van der Waals surface area contributed by atoms with Gasteiger partial charge in [0.2, 0.25) is 0 Å². The fraction of sp³-hybridized carbons (Fsp3) is 0.348. The molecule has 2 fully saturated rings. The third kappa shape index (κ3) is 4.47. The molecule has 2 heterocycles. The molecule has 1 aromatic heterocycles. The van der Waals surface area contributed by atoms with E-state index < -0.39 is 12.1 Å². The van der Waals surface area contributed by atoms with Crippen molar-refractivity contribution in [2.45, 2.75) is 44.2 Å². The highest BCUT2D eigenvalue weighted by Crippen LogP contribution is 2.35. The molecule has 1 saturated carbocycles. The smallest absolute Gasteiger partial charge is 0.415 e. The predicted molar refractivity (Wildman–Crippen MR) is 108 cm³/mol. The second kappa shape index (κ2) is 8.90. The fourth-order valence-corrected chi connectivity index (χ4v) is 3.84. The van der Waals surface area contributed by atoms with Gasteiger partial charge in [0.1, 0.15) is 12.7 Å². The van der Waals surface area contributed by atoms with Crippen LogP contribution in [0.2, 0.25) is 0 Å². The Morgan fingerprint density at radius 2 is 1.97 bits per heavy atom. The number of cyclic esters (lactones) is 1. The molecule has 2 aromatic rings. The van der Waals surface area contributed by atoms with Crippen LogP contribution in [0.1, 0.15) is 49.3 Å². The molecule has 6 nitrogen and oxygen atoms in total. The van der Waals surface area contributed by atoms with Crippen molar-refractivity contribution in [2.75, 3.05) is 11.5 Å². The van der Waals surface area contributed by atoms with Crippen molar-refractivity contribution < 1.29 is 19.1 Å². The molecular formula is C23H23N2O4. The molecular weight excluding hydrogens is 368 g/mol. The van der Waals surface area contributed by atoms with Crippen LogP contribution in [0.3, 0.4) is 0 Å². The van der Waals surface area contributed by atoms with E-state index in [1.807, 2.05) is 30.3 Å². The number of pyridine rings is 1. The largest absolute Gasteiger partial charge is 0.459 e. The Bertz CT molecular complexity index is 891. The fourth-order valence-electron chi connectivity index (χ4n) is 3.84. The normalized spacial score (nSPS) is 20.1. The average molecular weight is 391 g/mol. The summed E-state index contributed by atoms with van der Waals surface area (Å²) >= 11 is 0. The number of esters is 1. The maximum atomic E-state index is 12.5. The number of hydrogen-bond acceptors (Lipinski definition) is 5. The first kappa shape index (κ1) is 19.2. The summed E-state index contributed by atoms with van der Waals surface area (Å²) in [5.41, 5.74) is 2.20. The van der Waals surface area contributed by atoms with Gasteiger partial charge < -0.3 is 9.47 Å². The first-order chi connectivity index (χ1) is 14.2. The molecule has 1 aliphatic carbocycles. The minimum atomic E-state index is -0.490. The van der Waals surface area contributed by atoms with Gasteiger partial charge in [0.05, 0.1) is 17.8 Å². The lowest BCUT2D eigenvalue weighted by Crippen LogP contribution is -2.28. The van der Waals surface area contributed by atoms with Gasteiger partial charge in [-0.3, -0.25) is 9.88 Å². The van der Waals surface area contributed by atoms with Crippen LogP contribution >= 0.6 is 0 Å². The molecule has 1 aromatic carbocycles. The van der Waals surface area contributed by atoms with Gasteiger partial charge in [0, 0.05) is 18.0 Å². The predicted octanol–water partition coefficient (Wildman–Crippen LogP) is 4.47. The third-order valence-electron chi connectivity index (χ3n) is 5.32. The molecule has 0 bridgehead atoms. The van der Waals surface area contributed by atoms with Crippen molar-refractivity contribution in [3.63, 3.8) is 0 Å². The van der Waals surface area contributed by atoms with Crippen molar-refractivity contribution in [3.05, 3.63) is 66.0 Å². The number of amides is 1. The maximum absolute atomic E-state index is 12.5. The monoisotopic (exact) mass is 391 g/mol. The summed E-state index contributed by atoms with van der Waals surface area (Å²) < 4.78 is 10.8. The van der Waals surface area contributed by atoms with E-state index in [1.165, 1.54) is 12.5 Å². The first-order valence-electron chi connectivity index (χ1n) is 9.97. The standard InChI is InChI=1S/C23H23N2O4/c26-22(29-19-9-5-2-6-10-19)12-11-18-15-24-14-13-20(18)25-21(16-28-23(25)27)17-7-3-1-4-8-17/h1,3-4,7-8,11,13-15,19,21H,2,5-6,9-10,16H2/t21-/m0/s1. The van der Waals surface area contributed by atoms with Gasteiger partial charge in [0.25, 0.3) is 0 Å². The second-order valence-corrected chi connectivity index (χ2v) is 7.26. The van der Waals surface area contributed by atoms with Crippen LogP contribution in [-0.4, -0.2) is 29.8 Å². The van der Waals surface area contributed by atoms with Gasteiger partial charge >= 0.3 is 12.1 Å². The van der Waals surface area contributed by atoms with Gasteiger partial charge in [-0.25, -0.2) is 9.59 Å². The number of nitrogens with zero attached hydrogens (tertiary/aromatic N) is 2. The molecule has 1 radical (unpaired) electrons. The number of benzene rings is 1. The Morgan fingerprint density at radius 1 is 1.17 bits per heavy atom. The molecule has 149 valence electrons. The van der Waals surface area contributed by atoms with Crippen LogP contribution in [-0.2, 0) is 14.3 Å². The van der Waals surface area contributed by atoms with Crippen LogP contribution in [0, 0.1) is 6.08 Å². The van der Waals surface area contributed by atoms with Crippen LogP contribution in [0.5, 0.6) is 0 Å². The zero-order valence-electron chi connectivity index (χ0n) is 16.1. The number of rotatable bonds is 5. The summed E-state index contributed by atoms with van der Waals surface area (Å²) in [6.45, 7) is 0.266. The van der Waals surface area contributed by atoms with E-state index in [0.717, 1.165) is 31.2 Å². The minimum absolute atomic E-state index is 0.0264. The molecule has 1 atom stereocenters. The molecule has 4 rings (SSSR count). The van der Waals surface area contributed by atoms with Crippen LogP contribution in [0.25, 0.3) is 6.08 Å². The Kier molecular flexibility index (Phi) is 5.89. The zero-order valence-corrected chi connectivity index (χ0v) is 16.1. The minimum Gasteiger partial charge on any atom is -0.459 e. The van der Waals surface area contributed by atoms with Crippen LogP contribution in [0.15, 0.2) is 48.8 Å². The van der Waals surface area contributed by atoms with Crippen molar-refractivity contribution in [1.29, 1.82) is 0 Å². The van der Waals surface area contributed by atoms with E-state index >= 15 is 0 Å². The molecule has 0 spiro atoms. The Morgan fingerprint density at radius 3 is 2.76 bits per heavy atom. The Hall–Kier alpha value is -3.15. The summed E-state index contributed by atoms with van der Waals surface area (Å²) in [6.07, 6.45) is 12.2. The summed E-state index contributed by atoms with van der Waals surface area (Å²) in [5.74, 6) is -0.490. The molecule has 6 heteroatoms. The highest BCUT2D eigenvalue weighted by Gasteiger charge is 2.36. The van der Waals surface area contributed by atoms with E-state index in [0.29, 0.717) is 11.3 Å². The first-order valence-corrected chi connectivity index (χ1v) is 9.97. The SMILES string of the molecule is O=C(/[C]=C/c1cnccc1N1C(=O)OC[C@H]1c1ccccc1)OC1CCCCC1. The second-order valence-electron chi connectivity index (χ2n) is 7.26. The maximum Gasteiger partial charge on any atom is 0.415 e. The molecule has 2 aliphatic rings. The lowest BCUT2D eigenvalue weighted by atomic mass is 9.98. The van der Waals surface area contributed by atoms with E-state index in [9.17, 15) is 9.59 Å². The van der Waals surface area contributed by atoms with Crippen molar-refractivity contribution >= 4 is 23.8 Å². The van der Waals surface area contributed by atoms with E-state index in [1.54, 1.807) is 23.4 Å².